The van der Waals surface area contributed by atoms with E-state index in [1.165, 1.54) is 22.9 Å². The summed E-state index contributed by atoms with van der Waals surface area (Å²) in [6, 6.07) is 6.24. The summed E-state index contributed by atoms with van der Waals surface area (Å²) in [4.78, 5) is 9.44. The molecule has 0 spiro atoms. The van der Waals surface area contributed by atoms with E-state index in [-0.39, 0.29) is 35.7 Å². The Hall–Kier alpha value is -3.55. The number of nitrogens with one attached hydrogen (secondary N) is 1. The van der Waals surface area contributed by atoms with Crippen LogP contribution >= 0.6 is 0 Å². The van der Waals surface area contributed by atoms with E-state index in [9.17, 15) is 26.3 Å². The van der Waals surface area contributed by atoms with Crippen LogP contribution in [0.3, 0.4) is 0 Å². The Labute approximate surface area is 207 Å². The minimum atomic E-state index is -4.58. The number of rotatable bonds is 6. The molecule has 3 N–H and O–H groups in total. The topological polar surface area (TPSA) is 94.1 Å². The number of ether oxygens (including phenoxy) is 1. The quantitative estimate of drug-likeness (QED) is 0.433. The van der Waals surface area contributed by atoms with Gasteiger partial charge in [0.2, 0.25) is 5.95 Å². The highest BCUT2D eigenvalue weighted by Crippen LogP contribution is 2.50. The van der Waals surface area contributed by atoms with Crippen molar-refractivity contribution in [2.45, 2.75) is 50.4 Å². The van der Waals surface area contributed by atoms with Crippen molar-refractivity contribution in [2.75, 3.05) is 16.8 Å². The van der Waals surface area contributed by atoms with Crippen LogP contribution in [-0.2, 0) is 12.4 Å². The van der Waals surface area contributed by atoms with Gasteiger partial charge in [-0.2, -0.15) is 31.3 Å². The summed E-state index contributed by atoms with van der Waals surface area (Å²) < 4.78 is 85.8. The first-order valence-corrected chi connectivity index (χ1v) is 11.4. The first-order valence-electron chi connectivity index (χ1n) is 11.4. The van der Waals surface area contributed by atoms with Crippen LogP contribution in [0, 0.1) is 5.92 Å². The van der Waals surface area contributed by atoms with E-state index in [4.69, 9.17) is 10.5 Å². The SMILES string of the molecule is CC(C)n1nc(N[C@H]2[C@@H]3CN(c4ccnc(C(F)(F)F)c4)[C@@]2(N)C3)nc1Oc1cccc(C(F)(F)F)c1. The average molecular weight is 527 g/mol. The van der Waals surface area contributed by atoms with E-state index in [1.54, 1.807) is 18.7 Å². The lowest BCUT2D eigenvalue weighted by molar-refractivity contribution is -0.141. The number of fused-ring (bicyclic) bond motifs is 1. The van der Waals surface area contributed by atoms with Crippen LogP contribution in [-0.4, -0.2) is 38.0 Å². The van der Waals surface area contributed by atoms with E-state index in [0.29, 0.717) is 18.7 Å². The third-order valence-electron chi connectivity index (χ3n) is 6.61. The van der Waals surface area contributed by atoms with Gasteiger partial charge in [0, 0.05) is 24.3 Å². The number of alkyl halides is 6. The van der Waals surface area contributed by atoms with Gasteiger partial charge in [0.25, 0.3) is 0 Å². The molecule has 8 nitrogen and oxygen atoms in total. The van der Waals surface area contributed by atoms with Crippen LogP contribution in [0.4, 0.5) is 38.0 Å². The minimum absolute atomic E-state index is 0.0182. The number of pyridine rings is 1. The fourth-order valence-electron chi connectivity index (χ4n) is 4.85. The first kappa shape index (κ1) is 25.1. The van der Waals surface area contributed by atoms with Crippen molar-refractivity contribution in [3.05, 3.63) is 53.9 Å². The molecule has 3 aromatic rings. The molecule has 2 saturated heterocycles. The molecule has 0 amide bonds. The van der Waals surface area contributed by atoms with Crippen LogP contribution in [0.5, 0.6) is 11.8 Å². The van der Waals surface area contributed by atoms with Crippen molar-refractivity contribution in [1.82, 2.24) is 19.7 Å². The Kier molecular flexibility index (Phi) is 5.77. The van der Waals surface area contributed by atoms with Gasteiger partial charge in [0.05, 0.1) is 17.6 Å². The molecule has 4 heterocycles. The normalized spacial score (nSPS) is 23.4. The predicted octanol–water partition coefficient (Wildman–Crippen LogP) is 5.06. The highest BCUT2D eigenvalue weighted by atomic mass is 19.4. The molecule has 3 fully saturated rings. The molecule has 3 atom stereocenters. The smallest absolute Gasteiger partial charge is 0.424 e. The predicted molar refractivity (Wildman–Crippen MR) is 121 cm³/mol. The minimum Gasteiger partial charge on any atom is -0.424 e. The van der Waals surface area contributed by atoms with E-state index in [1.807, 2.05) is 0 Å². The molecular weight excluding hydrogens is 504 g/mol. The molecule has 37 heavy (non-hydrogen) atoms. The molecule has 1 saturated carbocycles. The Balaban J connectivity index is 1.36. The van der Waals surface area contributed by atoms with Gasteiger partial charge in [0.15, 0.2) is 0 Å². The van der Waals surface area contributed by atoms with Gasteiger partial charge in [-0.05, 0) is 50.6 Å². The lowest BCUT2D eigenvalue weighted by atomic mass is 9.74. The van der Waals surface area contributed by atoms with Crippen molar-refractivity contribution in [3.8, 4) is 11.8 Å². The van der Waals surface area contributed by atoms with Gasteiger partial charge in [0.1, 0.15) is 17.1 Å². The molecule has 1 aliphatic carbocycles. The van der Waals surface area contributed by atoms with Crippen LogP contribution in [0.1, 0.15) is 37.6 Å². The summed E-state index contributed by atoms with van der Waals surface area (Å²) in [5.74, 6) is 0.109. The average Bonchev–Trinajstić information content (AvgIpc) is 3.46. The highest BCUT2D eigenvalue weighted by molar-refractivity contribution is 5.56. The summed E-state index contributed by atoms with van der Waals surface area (Å²) in [5, 5.41) is 7.54. The Morgan fingerprint density at radius 3 is 2.54 bits per heavy atom. The largest absolute Gasteiger partial charge is 0.433 e. The molecule has 2 bridgehead atoms. The molecule has 2 aromatic heterocycles. The zero-order chi connectivity index (χ0) is 26.8. The van der Waals surface area contributed by atoms with Crippen LogP contribution in [0.2, 0.25) is 0 Å². The van der Waals surface area contributed by atoms with Crippen molar-refractivity contribution in [2.24, 2.45) is 11.7 Å². The third kappa shape index (κ3) is 4.54. The Morgan fingerprint density at radius 1 is 1.11 bits per heavy atom. The highest BCUT2D eigenvalue weighted by Gasteiger charge is 2.62. The van der Waals surface area contributed by atoms with E-state index in [2.05, 4.69) is 20.4 Å². The number of nitrogens with two attached hydrogens (primary N) is 1. The Morgan fingerprint density at radius 2 is 1.86 bits per heavy atom. The summed E-state index contributed by atoms with van der Waals surface area (Å²) in [6.07, 6.45) is -7.46. The molecule has 0 unspecified atom stereocenters. The maximum absolute atomic E-state index is 13.2. The van der Waals surface area contributed by atoms with E-state index >= 15 is 0 Å². The maximum atomic E-state index is 13.2. The zero-order valence-electron chi connectivity index (χ0n) is 19.7. The van der Waals surface area contributed by atoms with Gasteiger partial charge in [-0.15, -0.1) is 5.10 Å². The summed E-state index contributed by atoms with van der Waals surface area (Å²) >= 11 is 0. The fraction of sp³-hybridized carbons (Fsp3) is 0.435. The summed E-state index contributed by atoms with van der Waals surface area (Å²) in [5.41, 5.74) is 4.08. The number of anilines is 2. The second kappa shape index (κ2) is 8.50. The van der Waals surface area contributed by atoms with Gasteiger partial charge in [-0.1, -0.05) is 6.07 Å². The molecule has 0 radical (unpaired) electrons. The molecule has 1 aromatic carbocycles. The van der Waals surface area contributed by atoms with E-state index < -0.39 is 29.3 Å². The van der Waals surface area contributed by atoms with Crippen molar-refractivity contribution in [3.63, 3.8) is 0 Å². The second-order valence-corrected chi connectivity index (χ2v) is 9.47. The fourth-order valence-corrected chi connectivity index (χ4v) is 4.85. The molecular formula is C23H23F6N7O. The molecule has 6 rings (SSSR count). The van der Waals surface area contributed by atoms with E-state index in [0.717, 1.165) is 24.4 Å². The maximum Gasteiger partial charge on any atom is 0.433 e. The molecule has 198 valence electrons. The number of hydrogen-bond acceptors (Lipinski definition) is 7. The van der Waals surface area contributed by atoms with Crippen molar-refractivity contribution >= 4 is 11.6 Å². The summed E-state index contributed by atoms with van der Waals surface area (Å²) in [6.45, 7) is 4.03. The van der Waals surface area contributed by atoms with Gasteiger partial charge >= 0.3 is 18.4 Å². The van der Waals surface area contributed by atoms with Gasteiger partial charge < -0.3 is 20.7 Å². The molecule has 2 aliphatic heterocycles. The molecule has 3 aliphatic rings. The third-order valence-corrected chi connectivity index (χ3v) is 6.61. The lowest BCUT2D eigenvalue weighted by Gasteiger charge is -2.47. The van der Waals surface area contributed by atoms with Gasteiger partial charge in [-0.3, -0.25) is 4.98 Å². The van der Waals surface area contributed by atoms with Crippen molar-refractivity contribution in [1.29, 1.82) is 0 Å². The standard InChI is InChI=1S/C23H23F6N7O/c1-12(2)36-20(37-16-5-3-4-14(8-16)22(24,25)26)33-19(34-36)32-18-13-10-21(18,30)35(11-13)15-6-7-31-17(9-15)23(27,28)29/h3-9,12-13,18H,10-11,30H2,1-2H3,(H,32,34)/t13-,18-,21-/m0/s1. The van der Waals surface area contributed by atoms with Crippen LogP contribution < -0.4 is 20.7 Å². The number of halogens is 6. The second-order valence-electron chi connectivity index (χ2n) is 9.47. The summed E-state index contributed by atoms with van der Waals surface area (Å²) in [7, 11) is 0. The number of aromatic nitrogens is 4. The van der Waals surface area contributed by atoms with Crippen LogP contribution in [0.25, 0.3) is 0 Å². The lowest BCUT2D eigenvalue weighted by Crippen LogP contribution is -2.67. The number of benzene rings is 1. The Bertz CT molecular complexity index is 1310. The zero-order valence-corrected chi connectivity index (χ0v) is 19.7. The number of nitrogens with zero attached hydrogens (tertiary/aromatic N) is 5. The number of hydrogen-bond donors (Lipinski definition) is 2. The first-order chi connectivity index (χ1) is 17.3. The van der Waals surface area contributed by atoms with Crippen molar-refractivity contribution < 1.29 is 31.1 Å². The molecule has 14 heteroatoms. The van der Waals surface area contributed by atoms with Crippen LogP contribution in [0.15, 0.2) is 42.6 Å². The van der Waals surface area contributed by atoms with Gasteiger partial charge in [-0.25, -0.2) is 4.68 Å². The monoisotopic (exact) mass is 527 g/mol.